The number of nitrogens with one attached hydrogen (secondary N) is 1. The molecule has 1 aliphatic heterocycles. The van der Waals surface area contributed by atoms with Crippen LogP contribution in [0.2, 0.25) is 0 Å². The zero-order valence-electron chi connectivity index (χ0n) is 9.39. The van der Waals surface area contributed by atoms with Crippen LogP contribution in [0.4, 0.5) is 0 Å². The Kier molecular flexibility index (Phi) is 2.66. The first-order chi connectivity index (χ1) is 8.36. The Morgan fingerprint density at radius 2 is 2.29 bits per heavy atom. The molecule has 2 heterocycles. The minimum absolute atomic E-state index is 0.0380. The lowest BCUT2D eigenvalue weighted by Crippen LogP contribution is -2.33. The van der Waals surface area contributed by atoms with Crippen LogP contribution in [0.15, 0.2) is 30.5 Å². The van der Waals surface area contributed by atoms with Gasteiger partial charge in [0.05, 0.1) is 12.7 Å². The number of nitrogens with zero attached hydrogens (tertiary/aromatic N) is 1. The third-order valence-corrected chi connectivity index (χ3v) is 3.06. The molecule has 0 aliphatic carbocycles. The van der Waals surface area contributed by atoms with Crippen LogP contribution in [0.1, 0.15) is 11.7 Å². The Labute approximate surface area is 99.2 Å². The summed E-state index contributed by atoms with van der Waals surface area (Å²) < 4.78 is 5.74. The zero-order valence-corrected chi connectivity index (χ0v) is 9.39. The van der Waals surface area contributed by atoms with Gasteiger partial charge >= 0.3 is 0 Å². The predicted molar refractivity (Wildman–Crippen MR) is 65.0 cm³/mol. The van der Waals surface area contributed by atoms with Crippen LogP contribution in [-0.2, 0) is 4.74 Å². The lowest BCUT2D eigenvalue weighted by molar-refractivity contribution is 0.0286. The Balaban J connectivity index is 2.12. The summed E-state index contributed by atoms with van der Waals surface area (Å²) in [4.78, 5) is 4.21. The highest BCUT2D eigenvalue weighted by molar-refractivity contribution is 5.87. The summed E-state index contributed by atoms with van der Waals surface area (Å²) in [5, 5.41) is 14.0. The van der Waals surface area contributed by atoms with Crippen molar-refractivity contribution in [3.05, 3.63) is 36.0 Å². The topological polar surface area (TPSA) is 54.4 Å². The van der Waals surface area contributed by atoms with E-state index in [0.29, 0.717) is 12.1 Å². The lowest BCUT2D eigenvalue weighted by atomic mass is 10.0. The van der Waals surface area contributed by atoms with Crippen LogP contribution in [0, 0.1) is 0 Å². The highest BCUT2D eigenvalue weighted by atomic mass is 16.5. The molecular weight excluding hydrogens is 216 g/mol. The zero-order chi connectivity index (χ0) is 11.7. The molecule has 0 spiro atoms. The smallest absolute Gasteiger partial charge is 0.141 e. The second-order valence-electron chi connectivity index (χ2n) is 4.14. The first kappa shape index (κ1) is 10.5. The largest absolute Gasteiger partial charge is 0.506 e. The number of phenols is 1. The molecule has 1 unspecified atom stereocenters. The fraction of sp³-hybridized carbons (Fsp3) is 0.308. The number of aromatic hydroxyl groups is 1. The number of fused-ring (bicyclic) bond motifs is 1. The Morgan fingerprint density at radius 1 is 1.35 bits per heavy atom. The molecule has 0 amide bonds. The van der Waals surface area contributed by atoms with Crippen LogP contribution in [-0.4, -0.2) is 29.8 Å². The second kappa shape index (κ2) is 4.31. The number of hydrogen-bond donors (Lipinski definition) is 2. The van der Waals surface area contributed by atoms with Gasteiger partial charge < -0.3 is 15.2 Å². The molecule has 4 heteroatoms. The van der Waals surface area contributed by atoms with E-state index in [1.54, 1.807) is 12.3 Å². The van der Waals surface area contributed by atoms with Gasteiger partial charge in [-0.1, -0.05) is 12.1 Å². The van der Waals surface area contributed by atoms with Gasteiger partial charge in [-0.05, 0) is 17.7 Å². The summed E-state index contributed by atoms with van der Waals surface area (Å²) >= 11 is 0. The molecule has 17 heavy (non-hydrogen) atoms. The molecule has 0 radical (unpaired) electrons. The molecule has 2 aromatic rings. The van der Waals surface area contributed by atoms with Crippen molar-refractivity contribution in [3.63, 3.8) is 0 Å². The van der Waals surface area contributed by atoms with Crippen molar-refractivity contribution in [2.45, 2.75) is 6.10 Å². The normalized spacial score (nSPS) is 20.6. The number of pyridine rings is 1. The van der Waals surface area contributed by atoms with Gasteiger partial charge in [0.15, 0.2) is 0 Å². The summed E-state index contributed by atoms with van der Waals surface area (Å²) in [7, 11) is 0. The minimum atomic E-state index is 0.0380. The van der Waals surface area contributed by atoms with Crippen LogP contribution < -0.4 is 5.32 Å². The summed E-state index contributed by atoms with van der Waals surface area (Å²) in [6.07, 6.45) is 1.72. The molecular formula is C13H14N2O2. The molecule has 1 aromatic heterocycles. The van der Waals surface area contributed by atoms with E-state index in [9.17, 15) is 5.11 Å². The van der Waals surface area contributed by atoms with E-state index in [4.69, 9.17) is 4.74 Å². The van der Waals surface area contributed by atoms with Crippen LogP contribution >= 0.6 is 0 Å². The van der Waals surface area contributed by atoms with Crippen LogP contribution in [0.25, 0.3) is 10.9 Å². The second-order valence-corrected chi connectivity index (χ2v) is 4.14. The molecule has 1 atom stereocenters. The quantitative estimate of drug-likeness (QED) is 0.781. The summed E-state index contributed by atoms with van der Waals surface area (Å²) in [5.41, 5.74) is 1.72. The first-order valence-electron chi connectivity index (χ1n) is 5.75. The van der Waals surface area contributed by atoms with E-state index in [1.807, 2.05) is 18.2 Å². The highest BCUT2D eigenvalue weighted by Gasteiger charge is 2.18. The Hall–Kier alpha value is -1.65. The van der Waals surface area contributed by atoms with Crippen molar-refractivity contribution in [1.82, 2.24) is 10.3 Å². The molecule has 1 aromatic carbocycles. The van der Waals surface area contributed by atoms with Gasteiger partial charge in [0.25, 0.3) is 0 Å². The molecule has 1 fully saturated rings. The van der Waals surface area contributed by atoms with Crippen molar-refractivity contribution in [1.29, 1.82) is 0 Å². The van der Waals surface area contributed by atoms with Crippen molar-refractivity contribution in [3.8, 4) is 5.75 Å². The van der Waals surface area contributed by atoms with E-state index in [0.717, 1.165) is 24.0 Å². The van der Waals surface area contributed by atoms with E-state index in [2.05, 4.69) is 10.3 Å². The minimum Gasteiger partial charge on any atom is -0.506 e. The SMILES string of the molecule is Oc1ccc(C2CNCCO2)c2cccnc12. The Bertz CT molecular complexity index is 536. The molecule has 1 aliphatic rings. The van der Waals surface area contributed by atoms with E-state index in [-0.39, 0.29) is 11.9 Å². The highest BCUT2D eigenvalue weighted by Crippen LogP contribution is 2.31. The lowest BCUT2D eigenvalue weighted by Gasteiger charge is -2.25. The van der Waals surface area contributed by atoms with Gasteiger partial charge in [0, 0.05) is 24.7 Å². The third kappa shape index (κ3) is 1.85. The van der Waals surface area contributed by atoms with E-state index >= 15 is 0 Å². The van der Waals surface area contributed by atoms with Crippen molar-refractivity contribution >= 4 is 10.9 Å². The molecule has 3 rings (SSSR count). The molecule has 4 nitrogen and oxygen atoms in total. The number of aromatic nitrogens is 1. The van der Waals surface area contributed by atoms with Crippen molar-refractivity contribution in [2.75, 3.05) is 19.7 Å². The first-order valence-corrected chi connectivity index (χ1v) is 5.75. The summed E-state index contributed by atoms with van der Waals surface area (Å²) in [6, 6.07) is 7.44. The molecule has 0 bridgehead atoms. The molecule has 0 saturated carbocycles. The number of morpholine rings is 1. The third-order valence-electron chi connectivity index (χ3n) is 3.06. The molecule has 88 valence electrons. The maximum Gasteiger partial charge on any atom is 0.141 e. The number of phenolic OH excluding ortho intramolecular Hbond substituents is 1. The van der Waals surface area contributed by atoms with E-state index in [1.165, 1.54) is 0 Å². The summed E-state index contributed by atoms with van der Waals surface area (Å²) in [5.74, 6) is 0.216. The van der Waals surface area contributed by atoms with Gasteiger partial charge in [-0.2, -0.15) is 0 Å². The van der Waals surface area contributed by atoms with Gasteiger partial charge in [-0.25, -0.2) is 0 Å². The molecule has 2 N–H and O–H groups in total. The van der Waals surface area contributed by atoms with Crippen LogP contribution in [0.3, 0.4) is 0 Å². The van der Waals surface area contributed by atoms with Gasteiger partial charge in [-0.3, -0.25) is 4.98 Å². The van der Waals surface area contributed by atoms with Gasteiger partial charge in [0.2, 0.25) is 0 Å². The van der Waals surface area contributed by atoms with Gasteiger partial charge in [0.1, 0.15) is 11.3 Å². The maximum atomic E-state index is 9.78. The summed E-state index contributed by atoms with van der Waals surface area (Å²) in [6.45, 7) is 2.41. The number of benzene rings is 1. The van der Waals surface area contributed by atoms with Crippen LogP contribution in [0.5, 0.6) is 5.75 Å². The average Bonchev–Trinajstić information content (AvgIpc) is 2.41. The Morgan fingerprint density at radius 3 is 3.12 bits per heavy atom. The monoisotopic (exact) mass is 230 g/mol. The number of hydrogen-bond acceptors (Lipinski definition) is 4. The number of ether oxygens (including phenoxy) is 1. The fourth-order valence-electron chi connectivity index (χ4n) is 2.23. The maximum absolute atomic E-state index is 9.78. The van der Waals surface area contributed by atoms with E-state index < -0.39 is 0 Å². The van der Waals surface area contributed by atoms with Crippen molar-refractivity contribution < 1.29 is 9.84 Å². The van der Waals surface area contributed by atoms with Crippen molar-refractivity contribution in [2.24, 2.45) is 0 Å². The van der Waals surface area contributed by atoms with Gasteiger partial charge in [-0.15, -0.1) is 0 Å². The predicted octanol–water partition coefficient (Wildman–Crippen LogP) is 1.60. The molecule has 1 saturated heterocycles. The average molecular weight is 230 g/mol. The fourth-order valence-corrected chi connectivity index (χ4v) is 2.23. The standard InChI is InChI=1S/C13H14N2O2/c16-11-4-3-9(12-8-14-6-7-17-12)10-2-1-5-15-13(10)11/h1-5,12,14,16H,6-8H2. The number of rotatable bonds is 1.